The van der Waals surface area contributed by atoms with Crippen molar-refractivity contribution in [2.24, 2.45) is 0 Å². The van der Waals surface area contributed by atoms with Gasteiger partial charge in [0.05, 0.1) is 17.8 Å². The Balaban J connectivity index is 2.33. The number of ether oxygens (including phenoxy) is 1. The van der Waals surface area contributed by atoms with Crippen LogP contribution in [0.4, 0.5) is 5.69 Å². The van der Waals surface area contributed by atoms with Gasteiger partial charge in [0.1, 0.15) is 5.75 Å². The maximum absolute atomic E-state index is 6.37. The minimum atomic E-state index is 0.138. The summed E-state index contributed by atoms with van der Waals surface area (Å²) in [4.78, 5) is 2.38. The van der Waals surface area contributed by atoms with Crippen molar-refractivity contribution in [3.63, 3.8) is 0 Å². The Morgan fingerprint density at radius 3 is 2.89 bits per heavy atom. The first-order chi connectivity index (χ1) is 8.99. The van der Waals surface area contributed by atoms with Gasteiger partial charge in [-0.05, 0) is 32.4 Å². The molecule has 0 bridgehead atoms. The average molecular weight is 283 g/mol. The molecule has 0 aliphatic carbocycles. The number of anilines is 1. The fourth-order valence-corrected chi connectivity index (χ4v) is 2.72. The van der Waals surface area contributed by atoms with Crippen LogP contribution in [0.2, 0.25) is 5.02 Å². The number of rotatable bonds is 3. The summed E-state index contributed by atoms with van der Waals surface area (Å²) in [6.07, 6.45) is 1.10. The van der Waals surface area contributed by atoms with Crippen LogP contribution in [0.15, 0.2) is 18.2 Å². The van der Waals surface area contributed by atoms with E-state index in [2.05, 4.69) is 31.0 Å². The fourth-order valence-electron chi connectivity index (χ4n) is 2.49. The van der Waals surface area contributed by atoms with Gasteiger partial charge in [-0.25, -0.2) is 0 Å². The summed E-state index contributed by atoms with van der Waals surface area (Å²) >= 11 is 6.37. The van der Waals surface area contributed by atoms with E-state index in [0.717, 1.165) is 36.0 Å². The molecule has 0 spiro atoms. The van der Waals surface area contributed by atoms with Crippen LogP contribution in [0.1, 0.15) is 27.2 Å². The average Bonchev–Trinajstić information content (AvgIpc) is 2.43. The molecule has 0 radical (unpaired) electrons. The first-order valence-electron chi connectivity index (χ1n) is 6.84. The molecule has 1 aromatic carbocycles. The minimum absolute atomic E-state index is 0.138. The van der Waals surface area contributed by atoms with Gasteiger partial charge in [0.15, 0.2) is 0 Å². The molecule has 1 heterocycles. The fraction of sp³-hybridized carbons (Fsp3) is 0.600. The van der Waals surface area contributed by atoms with Crippen LogP contribution >= 0.6 is 11.6 Å². The van der Waals surface area contributed by atoms with E-state index in [1.807, 2.05) is 18.2 Å². The number of piperazine rings is 1. The lowest BCUT2D eigenvalue weighted by Crippen LogP contribution is -2.62. The van der Waals surface area contributed by atoms with Crippen LogP contribution < -0.4 is 15.0 Å². The quantitative estimate of drug-likeness (QED) is 0.920. The van der Waals surface area contributed by atoms with E-state index in [9.17, 15) is 0 Å². The van der Waals surface area contributed by atoms with Crippen LogP contribution in [-0.2, 0) is 0 Å². The highest BCUT2D eigenvalue weighted by molar-refractivity contribution is 6.33. The summed E-state index contributed by atoms with van der Waals surface area (Å²) in [6, 6.07) is 6.26. The second-order valence-electron chi connectivity index (χ2n) is 5.59. The van der Waals surface area contributed by atoms with Crippen LogP contribution in [0.5, 0.6) is 5.75 Å². The van der Waals surface area contributed by atoms with Crippen molar-refractivity contribution in [3.05, 3.63) is 23.2 Å². The summed E-state index contributed by atoms with van der Waals surface area (Å²) in [5.74, 6) is 0.850. The smallest absolute Gasteiger partial charge is 0.121 e. The highest BCUT2D eigenvalue weighted by Crippen LogP contribution is 2.34. The van der Waals surface area contributed by atoms with Gasteiger partial charge < -0.3 is 15.0 Å². The molecule has 2 atom stereocenters. The van der Waals surface area contributed by atoms with E-state index >= 15 is 0 Å². The molecule has 106 valence electrons. The Hall–Kier alpha value is -0.930. The number of nitrogens with one attached hydrogen (secondary N) is 1. The van der Waals surface area contributed by atoms with Gasteiger partial charge in [-0.15, -0.1) is 0 Å². The monoisotopic (exact) mass is 282 g/mol. The van der Waals surface area contributed by atoms with E-state index in [4.69, 9.17) is 16.3 Å². The zero-order chi connectivity index (χ0) is 14.0. The zero-order valence-corrected chi connectivity index (χ0v) is 12.9. The molecule has 2 unspecified atom stereocenters. The lowest BCUT2D eigenvalue weighted by Gasteiger charge is -2.46. The van der Waals surface area contributed by atoms with Crippen LogP contribution in [0.25, 0.3) is 0 Å². The largest absolute Gasteiger partial charge is 0.497 e. The number of nitrogens with zero attached hydrogens (tertiary/aromatic N) is 1. The summed E-state index contributed by atoms with van der Waals surface area (Å²) < 4.78 is 5.31. The number of benzene rings is 1. The van der Waals surface area contributed by atoms with Gasteiger partial charge in [-0.2, -0.15) is 0 Å². The second kappa shape index (κ2) is 5.59. The number of halogens is 1. The molecule has 4 heteroatoms. The van der Waals surface area contributed by atoms with Gasteiger partial charge >= 0.3 is 0 Å². The number of methoxy groups -OCH3 is 1. The predicted molar refractivity (Wildman–Crippen MR) is 81.5 cm³/mol. The molecule has 3 nitrogen and oxygen atoms in total. The van der Waals surface area contributed by atoms with E-state index in [1.54, 1.807) is 7.11 Å². The van der Waals surface area contributed by atoms with E-state index < -0.39 is 0 Å². The van der Waals surface area contributed by atoms with Crippen molar-refractivity contribution in [2.75, 3.05) is 25.1 Å². The Kier molecular flexibility index (Phi) is 4.26. The van der Waals surface area contributed by atoms with Crippen molar-refractivity contribution in [1.82, 2.24) is 5.32 Å². The van der Waals surface area contributed by atoms with Gasteiger partial charge in [-0.1, -0.05) is 18.5 Å². The van der Waals surface area contributed by atoms with E-state index in [0.29, 0.717) is 6.04 Å². The molecule has 1 aliphatic rings. The molecule has 1 saturated heterocycles. The third-order valence-corrected chi connectivity index (χ3v) is 4.44. The maximum Gasteiger partial charge on any atom is 0.121 e. The zero-order valence-electron chi connectivity index (χ0n) is 12.2. The highest BCUT2D eigenvalue weighted by Gasteiger charge is 2.33. The van der Waals surface area contributed by atoms with Crippen molar-refractivity contribution in [2.45, 2.75) is 38.8 Å². The molecule has 1 aliphatic heterocycles. The standard InChI is InChI=1S/C15H23ClN2O/c1-5-15(3)10-18(11(2)9-17-15)14-8-12(19-4)6-7-13(14)16/h6-8,11,17H,5,9-10H2,1-4H3. The normalized spacial score (nSPS) is 27.4. The first kappa shape index (κ1) is 14.5. The van der Waals surface area contributed by atoms with E-state index in [-0.39, 0.29) is 5.54 Å². The second-order valence-corrected chi connectivity index (χ2v) is 6.00. The van der Waals surface area contributed by atoms with Crippen molar-refractivity contribution in [3.8, 4) is 5.75 Å². The molecule has 0 amide bonds. The van der Waals surface area contributed by atoms with Gasteiger partial charge in [0.2, 0.25) is 0 Å². The summed E-state index contributed by atoms with van der Waals surface area (Å²) in [7, 11) is 1.68. The van der Waals surface area contributed by atoms with E-state index in [1.165, 1.54) is 0 Å². The lowest BCUT2D eigenvalue weighted by atomic mass is 9.93. The van der Waals surface area contributed by atoms with Gasteiger partial charge in [0.25, 0.3) is 0 Å². The molecule has 1 N–H and O–H groups in total. The molecule has 1 aromatic rings. The van der Waals surface area contributed by atoms with Crippen molar-refractivity contribution < 1.29 is 4.74 Å². The van der Waals surface area contributed by atoms with Crippen LogP contribution in [0.3, 0.4) is 0 Å². The number of hydrogen-bond acceptors (Lipinski definition) is 3. The molecule has 0 aromatic heterocycles. The molecule has 19 heavy (non-hydrogen) atoms. The topological polar surface area (TPSA) is 24.5 Å². The Labute approximate surface area is 120 Å². The highest BCUT2D eigenvalue weighted by atomic mass is 35.5. The minimum Gasteiger partial charge on any atom is -0.497 e. The summed E-state index contributed by atoms with van der Waals surface area (Å²) in [5, 5.41) is 4.41. The third-order valence-electron chi connectivity index (χ3n) is 4.12. The third kappa shape index (κ3) is 2.98. The lowest BCUT2D eigenvalue weighted by molar-refractivity contribution is 0.285. The van der Waals surface area contributed by atoms with Gasteiger partial charge in [0, 0.05) is 30.7 Å². The Morgan fingerprint density at radius 2 is 2.26 bits per heavy atom. The summed E-state index contributed by atoms with van der Waals surface area (Å²) in [5.41, 5.74) is 1.20. The predicted octanol–water partition coefficient (Wildman–Crippen LogP) is 3.32. The molecular formula is C15H23ClN2O. The number of hydrogen-bond donors (Lipinski definition) is 1. The Bertz CT molecular complexity index is 452. The molecule has 2 rings (SSSR count). The molecular weight excluding hydrogens is 260 g/mol. The van der Waals surface area contributed by atoms with Crippen molar-refractivity contribution in [1.29, 1.82) is 0 Å². The van der Waals surface area contributed by atoms with Gasteiger partial charge in [-0.3, -0.25) is 0 Å². The summed E-state index contributed by atoms with van der Waals surface area (Å²) in [6.45, 7) is 8.63. The molecule has 0 saturated carbocycles. The van der Waals surface area contributed by atoms with Crippen LogP contribution in [0, 0.1) is 0 Å². The maximum atomic E-state index is 6.37. The first-order valence-corrected chi connectivity index (χ1v) is 7.22. The Morgan fingerprint density at radius 1 is 1.53 bits per heavy atom. The SMILES string of the molecule is CCC1(C)CN(c2cc(OC)ccc2Cl)C(C)CN1. The van der Waals surface area contributed by atoms with Crippen LogP contribution in [-0.4, -0.2) is 31.8 Å². The van der Waals surface area contributed by atoms with Crippen molar-refractivity contribution >= 4 is 17.3 Å². The molecule has 1 fully saturated rings.